The molecule has 0 saturated carbocycles. The van der Waals surface area contributed by atoms with Crippen molar-refractivity contribution < 1.29 is 4.74 Å². The van der Waals surface area contributed by atoms with Crippen molar-refractivity contribution in [3.05, 3.63) is 22.8 Å². The van der Waals surface area contributed by atoms with E-state index >= 15 is 0 Å². The molecule has 0 saturated heterocycles. The number of fused-ring (bicyclic) bond motifs is 1. The zero-order chi connectivity index (χ0) is 11.8. The molecule has 0 spiro atoms. The number of rotatable bonds is 3. The van der Waals surface area contributed by atoms with Crippen LogP contribution in [-0.4, -0.2) is 16.6 Å². The molecule has 1 aliphatic rings. The van der Waals surface area contributed by atoms with E-state index in [0.717, 1.165) is 30.3 Å². The molecule has 0 amide bonds. The van der Waals surface area contributed by atoms with Crippen LogP contribution in [0.15, 0.2) is 0 Å². The van der Waals surface area contributed by atoms with Gasteiger partial charge in [0.15, 0.2) is 5.82 Å². The van der Waals surface area contributed by atoms with Gasteiger partial charge in [-0.25, -0.2) is 9.97 Å². The Morgan fingerprint density at radius 2 is 2.06 bits per heavy atom. The number of hydrogen-bond donors (Lipinski definition) is 1. The van der Waals surface area contributed by atoms with E-state index in [1.165, 1.54) is 5.56 Å². The molecule has 0 aliphatic carbocycles. The normalized spacial score (nSPS) is 15.2. The van der Waals surface area contributed by atoms with E-state index in [0.29, 0.717) is 6.61 Å². The van der Waals surface area contributed by atoms with Crippen LogP contribution in [0, 0.1) is 6.92 Å². The van der Waals surface area contributed by atoms with Crippen molar-refractivity contribution in [2.45, 2.75) is 46.4 Å². The predicted octanol–water partition coefficient (Wildman–Crippen LogP) is 1.66. The number of nitrogens with one attached hydrogen (secondary N) is 1. The maximum atomic E-state index is 5.68. The summed E-state index contributed by atoms with van der Waals surface area (Å²) >= 11 is 0. The standard InChI is InChI=1S/C12H19N3O/c1-5-16-12(3,4)11-14-8(2)9-6-13-7-10(9)15-11/h13H,5-7H2,1-4H3. The molecule has 2 rings (SSSR count). The summed E-state index contributed by atoms with van der Waals surface area (Å²) in [5, 5.41) is 3.30. The first-order valence-electron chi connectivity index (χ1n) is 5.76. The van der Waals surface area contributed by atoms with Crippen LogP contribution < -0.4 is 5.32 Å². The van der Waals surface area contributed by atoms with Crippen molar-refractivity contribution in [3.63, 3.8) is 0 Å². The predicted molar refractivity (Wildman–Crippen MR) is 62.0 cm³/mol. The molecular formula is C12H19N3O. The molecule has 0 aromatic carbocycles. The van der Waals surface area contributed by atoms with Crippen LogP contribution in [0.4, 0.5) is 0 Å². The maximum Gasteiger partial charge on any atom is 0.160 e. The Labute approximate surface area is 96.4 Å². The lowest BCUT2D eigenvalue weighted by atomic mass is 10.1. The average Bonchev–Trinajstić information content (AvgIpc) is 2.65. The van der Waals surface area contributed by atoms with E-state index in [1.54, 1.807) is 0 Å². The lowest BCUT2D eigenvalue weighted by molar-refractivity contribution is -0.0210. The molecule has 1 aromatic heterocycles. The van der Waals surface area contributed by atoms with Gasteiger partial charge in [-0.2, -0.15) is 0 Å². The molecule has 0 radical (unpaired) electrons. The van der Waals surface area contributed by atoms with Crippen molar-refractivity contribution in [2.75, 3.05) is 6.61 Å². The van der Waals surface area contributed by atoms with E-state index < -0.39 is 5.60 Å². The van der Waals surface area contributed by atoms with E-state index in [1.807, 2.05) is 27.7 Å². The largest absolute Gasteiger partial charge is 0.368 e. The summed E-state index contributed by atoms with van der Waals surface area (Å²) in [5.74, 6) is 0.786. The maximum absolute atomic E-state index is 5.68. The summed E-state index contributed by atoms with van der Waals surface area (Å²) in [4.78, 5) is 9.16. The minimum atomic E-state index is -0.406. The monoisotopic (exact) mass is 221 g/mol. The Kier molecular flexibility index (Phi) is 2.95. The second kappa shape index (κ2) is 4.11. The van der Waals surface area contributed by atoms with Crippen LogP contribution >= 0.6 is 0 Å². The minimum absolute atomic E-state index is 0.406. The molecule has 4 heteroatoms. The van der Waals surface area contributed by atoms with Crippen molar-refractivity contribution >= 4 is 0 Å². The Bertz CT molecular complexity index is 401. The van der Waals surface area contributed by atoms with Crippen molar-refractivity contribution in [1.29, 1.82) is 0 Å². The fourth-order valence-corrected chi connectivity index (χ4v) is 2.03. The van der Waals surface area contributed by atoms with Crippen LogP contribution in [0.1, 0.15) is 43.5 Å². The Balaban J connectivity index is 2.40. The zero-order valence-corrected chi connectivity index (χ0v) is 10.4. The SMILES string of the molecule is CCOC(C)(C)c1nc(C)c2c(n1)CNC2. The Morgan fingerprint density at radius 1 is 1.31 bits per heavy atom. The number of aryl methyl sites for hydroxylation is 1. The van der Waals surface area contributed by atoms with E-state index in [-0.39, 0.29) is 0 Å². The summed E-state index contributed by atoms with van der Waals surface area (Å²) in [7, 11) is 0. The van der Waals surface area contributed by atoms with Crippen LogP contribution in [0.2, 0.25) is 0 Å². The summed E-state index contributed by atoms with van der Waals surface area (Å²) in [6.07, 6.45) is 0. The van der Waals surface area contributed by atoms with Crippen LogP contribution in [-0.2, 0) is 23.4 Å². The lowest BCUT2D eigenvalue weighted by Gasteiger charge is -2.23. The van der Waals surface area contributed by atoms with Gasteiger partial charge in [0.2, 0.25) is 0 Å². The summed E-state index contributed by atoms with van der Waals surface area (Å²) in [5.41, 5.74) is 3.03. The Hall–Kier alpha value is -1.00. The topological polar surface area (TPSA) is 47.0 Å². The summed E-state index contributed by atoms with van der Waals surface area (Å²) < 4.78 is 5.68. The van der Waals surface area contributed by atoms with Gasteiger partial charge < -0.3 is 10.1 Å². The van der Waals surface area contributed by atoms with Gasteiger partial charge in [-0.15, -0.1) is 0 Å². The number of hydrogen-bond acceptors (Lipinski definition) is 4. The molecular weight excluding hydrogens is 202 g/mol. The van der Waals surface area contributed by atoms with Gasteiger partial charge in [-0.1, -0.05) is 0 Å². The fraction of sp³-hybridized carbons (Fsp3) is 0.667. The van der Waals surface area contributed by atoms with Crippen molar-refractivity contribution in [2.24, 2.45) is 0 Å². The van der Waals surface area contributed by atoms with Crippen molar-refractivity contribution in [3.8, 4) is 0 Å². The smallest absolute Gasteiger partial charge is 0.160 e. The quantitative estimate of drug-likeness (QED) is 0.843. The number of aromatic nitrogens is 2. The third kappa shape index (κ3) is 1.95. The summed E-state index contributed by atoms with van der Waals surface area (Å²) in [6, 6.07) is 0. The third-order valence-corrected chi connectivity index (χ3v) is 2.94. The highest BCUT2D eigenvalue weighted by Gasteiger charge is 2.27. The molecule has 0 bridgehead atoms. The van der Waals surface area contributed by atoms with Gasteiger partial charge in [-0.3, -0.25) is 0 Å². The highest BCUT2D eigenvalue weighted by Crippen LogP contribution is 2.24. The Morgan fingerprint density at radius 3 is 2.75 bits per heavy atom. The molecule has 1 N–H and O–H groups in total. The van der Waals surface area contributed by atoms with Gasteiger partial charge >= 0.3 is 0 Å². The van der Waals surface area contributed by atoms with Gasteiger partial charge in [0.25, 0.3) is 0 Å². The first-order valence-corrected chi connectivity index (χ1v) is 5.76. The summed E-state index contributed by atoms with van der Waals surface area (Å²) in [6.45, 7) is 10.5. The molecule has 1 aromatic rings. The average molecular weight is 221 g/mol. The molecule has 88 valence electrons. The fourth-order valence-electron chi connectivity index (χ4n) is 2.03. The van der Waals surface area contributed by atoms with Crippen LogP contribution in [0.25, 0.3) is 0 Å². The van der Waals surface area contributed by atoms with Crippen molar-refractivity contribution in [1.82, 2.24) is 15.3 Å². The second-order valence-corrected chi connectivity index (χ2v) is 4.60. The first kappa shape index (κ1) is 11.5. The van der Waals surface area contributed by atoms with Crippen LogP contribution in [0.5, 0.6) is 0 Å². The molecule has 4 nitrogen and oxygen atoms in total. The molecule has 1 aliphatic heterocycles. The third-order valence-electron chi connectivity index (χ3n) is 2.94. The first-order chi connectivity index (χ1) is 7.54. The molecule has 16 heavy (non-hydrogen) atoms. The molecule has 0 fully saturated rings. The highest BCUT2D eigenvalue weighted by molar-refractivity contribution is 5.29. The molecule has 0 atom stereocenters. The highest BCUT2D eigenvalue weighted by atomic mass is 16.5. The second-order valence-electron chi connectivity index (χ2n) is 4.60. The van der Waals surface area contributed by atoms with Gasteiger partial charge in [0.1, 0.15) is 5.60 Å². The van der Waals surface area contributed by atoms with Gasteiger partial charge in [-0.05, 0) is 27.7 Å². The number of ether oxygens (including phenoxy) is 1. The van der Waals surface area contributed by atoms with Gasteiger partial charge in [0, 0.05) is 31.0 Å². The zero-order valence-electron chi connectivity index (χ0n) is 10.4. The lowest BCUT2D eigenvalue weighted by Crippen LogP contribution is -2.26. The number of nitrogens with zero attached hydrogens (tertiary/aromatic N) is 2. The minimum Gasteiger partial charge on any atom is -0.368 e. The van der Waals surface area contributed by atoms with E-state index in [2.05, 4.69) is 15.3 Å². The van der Waals surface area contributed by atoms with Crippen LogP contribution in [0.3, 0.4) is 0 Å². The van der Waals surface area contributed by atoms with E-state index in [4.69, 9.17) is 4.74 Å². The molecule has 0 unspecified atom stereocenters. The molecule has 2 heterocycles. The van der Waals surface area contributed by atoms with Gasteiger partial charge in [0.05, 0.1) is 5.69 Å². The van der Waals surface area contributed by atoms with E-state index in [9.17, 15) is 0 Å².